The first-order chi connectivity index (χ1) is 8.41. The van der Waals surface area contributed by atoms with Crippen LogP contribution in [-0.2, 0) is 16.0 Å². The third kappa shape index (κ3) is 3.88. The van der Waals surface area contributed by atoms with Crippen molar-refractivity contribution in [2.45, 2.75) is 26.0 Å². The molecule has 0 amide bonds. The van der Waals surface area contributed by atoms with Crippen molar-refractivity contribution in [2.75, 3.05) is 6.61 Å². The van der Waals surface area contributed by atoms with Gasteiger partial charge < -0.3 is 19.6 Å². The molecule has 8 nitrogen and oxygen atoms in total. The van der Waals surface area contributed by atoms with Gasteiger partial charge in [-0.05, 0) is 11.8 Å². The average molecular weight is 278 g/mol. The summed E-state index contributed by atoms with van der Waals surface area (Å²) in [5.41, 5.74) is -0.790. The zero-order chi connectivity index (χ0) is 13.7. The molecule has 100 valence electrons. The lowest BCUT2D eigenvalue weighted by Crippen LogP contribution is -2.16. The zero-order valence-corrected chi connectivity index (χ0v) is 10.6. The molecule has 1 heterocycles. The topological polar surface area (TPSA) is 96.5 Å². The molecule has 0 fully saturated rings. The van der Waals surface area contributed by atoms with Crippen LogP contribution in [0.3, 0.4) is 0 Å². The summed E-state index contributed by atoms with van der Waals surface area (Å²) in [6.45, 7) is 3.13. The number of ether oxygens (including phenoxy) is 2. The molecule has 1 aromatic heterocycles. The lowest BCUT2D eigenvalue weighted by molar-refractivity contribution is -0.392. The second-order valence-electron chi connectivity index (χ2n) is 3.33. The molecule has 0 saturated heterocycles. The molecule has 1 atom stereocenters. The first-order valence-electron chi connectivity index (χ1n) is 5.05. The van der Waals surface area contributed by atoms with Gasteiger partial charge in [0, 0.05) is 6.92 Å². The van der Waals surface area contributed by atoms with Crippen molar-refractivity contribution in [1.29, 1.82) is 0 Å². The quantitative estimate of drug-likeness (QED) is 0.352. The summed E-state index contributed by atoms with van der Waals surface area (Å²) < 4.78 is 10.6. The Balaban J connectivity index is 2.51. The molecule has 0 N–H and O–H groups in total. The van der Waals surface area contributed by atoms with Crippen LogP contribution < -0.4 is 0 Å². The third-order valence-corrected chi connectivity index (χ3v) is 2.10. The van der Waals surface area contributed by atoms with Crippen LogP contribution in [-0.4, -0.2) is 32.8 Å². The molecular formula is C9H12ClN3O5. The van der Waals surface area contributed by atoms with Gasteiger partial charge in [-0.3, -0.25) is 0 Å². The van der Waals surface area contributed by atoms with Crippen LogP contribution in [0.15, 0.2) is 6.20 Å². The van der Waals surface area contributed by atoms with Gasteiger partial charge in [0.25, 0.3) is 0 Å². The van der Waals surface area contributed by atoms with E-state index in [1.807, 2.05) is 0 Å². The molecule has 1 unspecified atom stereocenters. The van der Waals surface area contributed by atoms with Gasteiger partial charge >= 0.3 is 12.0 Å². The van der Waals surface area contributed by atoms with E-state index in [-0.39, 0.29) is 19.0 Å². The predicted octanol–water partition coefficient (Wildman–Crippen LogP) is 1.84. The van der Waals surface area contributed by atoms with E-state index in [2.05, 4.69) is 9.72 Å². The van der Waals surface area contributed by atoms with Crippen molar-refractivity contribution in [1.82, 2.24) is 9.55 Å². The van der Waals surface area contributed by atoms with Gasteiger partial charge in [0.15, 0.2) is 11.4 Å². The minimum Gasteiger partial charge on any atom is -0.430 e. The SMILES string of the molecule is Cc1ncc([N+](=O)[O-])n1CCOC(=O)OC(C)Cl. The number of hydrogen-bond donors (Lipinski definition) is 0. The standard InChI is InChI=1S/C9H12ClN3O5/c1-6(10)18-9(14)17-4-3-12-7(2)11-5-8(12)13(15)16/h5-6H,3-4H2,1-2H3. The van der Waals surface area contributed by atoms with Crippen molar-refractivity contribution < 1.29 is 19.2 Å². The highest BCUT2D eigenvalue weighted by Gasteiger charge is 2.17. The molecule has 0 aliphatic carbocycles. The summed E-state index contributed by atoms with van der Waals surface area (Å²) in [4.78, 5) is 24.9. The van der Waals surface area contributed by atoms with E-state index < -0.39 is 16.6 Å². The van der Waals surface area contributed by atoms with E-state index in [4.69, 9.17) is 16.3 Å². The Morgan fingerprint density at radius 1 is 1.72 bits per heavy atom. The van der Waals surface area contributed by atoms with Crippen molar-refractivity contribution in [3.63, 3.8) is 0 Å². The van der Waals surface area contributed by atoms with Crippen LogP contribution in [0, 0.1) is 17.0 Å². The summed E-state index contributed by atoms with van der Waals surface area (Å²) >= 11 is 5.42. The van der Waals surface area contributed by atoms with Crippen molar-refractivity contribution in [2.24, 2.45) is 0 Å². The normalized spacial score (nSPS) is 11.9. The maximum Gasteiger partial charge on any atom is 0.509 e. The number of aromatic nitrogens is 2. The van der Waals surface area contributed by atoms with Crippen molar-refractivity contribution >= 4 is 23.6 Å². The molecule has 0 radical (unpaired) electrons. The predicted molar refractivity (Wildman–Crippen MR) is 61.4 cm³/mol. The van der Waals surface area contributed by atoms with Crippen molar-refractivity contribution in [3.05, 3.63) is 22.1 Å². The van der Waals surface area contributed by atoms with Crippen LogP contribution >= 0.6 is 11.6 Å². The van der Waals surface area contributed by atoms with Crippen LogP contribution in [0.1, 0.15) is 12.7 Å². The minimum atomic E-state index is -0.919. The molecule has 0 aliphatic rings. The van der Waals surface area contributed by atoms with E-state index in [1.54, 1.807) is 6.92 Å². The minimum absolute atomic E-state index is 0.0690. The van der Waals surface area contributed by atoms with E-state index in [9.17, 15) is 14.9 Å². The average Bonchev–Trinajstić information content (AvgIpc) is 2.59. The number of halogens is 1. The summed E-state index contributed by atoms with van der Waals surface area (Å²) in [6.07, 6.45) is 0.229. The zero-order valence-electron chi connectivity index (χ0n) is 9.83. The molecular weight excluding hydrogens is 266 g/mol. The van der Waals surface area contributed by atoms with Crippen LogP contribution in [0.2, 0.25) is 0 Å². The molecule has 0 saturated carbocycles. The Morgan fingerprint density at radius 2 is 2.39 bits per heavy atom. The van der Waals surface area contributed by atoms with Gasteiger partial charge in [-0.25, -0.2) is 14.3 Å². The highest BCUT2D eigenvalue weighted by atomic mass is 35.5. The first-order valence-corrected chi connectivity index (χ1v) is 5.49. The highest BCUT2D eigenvalue weighted by molar-refractivity contribution is 6.19. The fourth-order valence-corrected chi connectivity index (χ4v) is 1.34. The monoisotopic (exact) mass is 277 g/mol. The summed E-state index contributed by atoms with van der Waals surface area (Å²) in [5, 5.41) is 10.7. The van der Waals surface area contributed by atoms with E-state index in [0.717, 1.165) is 6.20 Å². The number of imidazole rings is 1. The van der Waals surface area contributed by atoms with Gasteiger partial charge in [0.2, 0.25) is 0 Å². The van der Waals surface area contributed by atoms with E-state index in [0.29, 0.717) is 5.82 Å². The summed E-state index contributed by atoms with van der Waals surface area (Å²) in [7, 11) is 0. The Kier molecular flexibility index (Phi) is 4.90. The Labute approximate surface area is 108 Å². The fraction of sp³-hybridized carbons (Fsp3) is 0.556. The number of rotatable bonds is 5. The number of alkyl halides is 1. The van der Waals surface area contributed by atoms with Gasteiger partial charge in [0.1, 0.15) is 19.3 Å². The molecule has 0 spiro atoms. The Bertz CT molecular complexity index is 445. The molecule has 0 aromatic carbocycles. The largest absolute Gasteiger partial charge is 0.509 e. The van der Waals surface area contributed by atoms with Gasteiger partial charge in [-0.2, -0.15) is 0 Å². The van der Waals surface area contributed by atoms with Crippen LogP contribution in [0.4, 0.5) is 10.6 Å². The third-order valence-electron chi connectivity index (χ3n) is 2.01. The van der Waals surface area contributed by atoms with Gasteiger partial charge in [-0.15, -0.1) is 0 Å². The number of carbonyl (C=O) groups is 1. The lowest BCUT2D eigenvalue weighted by Gasteiger charge is -2.07. The molecule has 1 aromatic rings. The number of nitrogens with zero attached hydrogens (tertiary/aromatic N) is 3. The number of carbonyl (C=O) groups excluding carboxylic acids is 1. The van der Waals surface area contributed by atoms with E-state index >= 15 is 0 Å². The second-order valence-corrected chi connectivity index (χ2v) is 3.95. The Morgan fingerprint density at radius 3 is 2.94 bits per heavy atom. The molecule has 0 bridgehead atoms. The van der Waals surface area contributed by atoms with Crippen LogP contribution in [0.5, 0.6) is 0 Å². The number of aryl methyl sites for hydroxylation is 1. The molecule has 9 heteroatoms. The lowest BCUT2D eigenvalue weighted by atomic mass is 10.6. The van der Waals surface area contributed by atoms with Gasteiger partial charge in [-0.1, -0.05) is 11.6 Å². The first kappa shape index (κ1) is 14.2. The molecule has 18 heavy (non-hydrogen) atoms. The van der Waals surface area contributed by atoms with Crippen LogP contribution in [0.25, 0.3) is 0 Å². The maximum atomic E-state index is 11.0. The number of nitro groups is 1. The van der Waals surface area contributed by atoms with Gasteiger partial charge in [0.05, 0.1) is 0 Å². The summed E-state index contributed by atoms with van der Waals surface area (Å²) in [6, 6.07) is 0. The second kappa shape index (κ2) is 6.20. The van der Waals surface area contributed by atoms with E-state index in [1.165, 1.54) is 11.5 Å². The molecule has 1 rings (SSSR count). The smallest absolute Gasteiger partial charge is 0.430 e. The maximum absolute atomic E-state index is 11.0. The fourth-order valence-electron chi connectivity index (χ4n) is 1.27. The highest BCUT2D eigenvalue weighted by Crippen LogP contribution is 2.13. The Hall–Kier alpha value is -1.83. The molecule has 0 aliphatic heterocycles. The number of hydrogen-bond acceptors (Lipinski definition) is 6. The summed E-state index contributed by atoms with van der Waals surface area (Å²) in [5.74, 6) is 0.305. The van der Waals surface area contributed by atoms with Crippen molar-refractivity contribution in [3.8, 4) is 0 Å².